The molecule has 0 bridgehead atoms. The van der Waals surface area contributed by atoms with Gasteiger partial charge in [-0.3, -0.25) is 9.30 Å². The van der Waals surface area contributed by atoms with Crippen molar-refractivity contribution < 1.29 is 17.9 Å². The van der Waals surface area contributed by atoms with Crippen LogP contribution in [0.1, 0.15) is 24.9 Å². The zero-order chi connectivity index (χ0) is 23.2. The number of likely N-dealkylation sites (tertiary alicyclic amines) is 1. The van der Waals surface area contributed by atoms with Crippen LogP contribution in [0, 0.1) is 0 Å². The van der Waals surface area contributed by atoms with E-state index in [1.54, 1.807) is 16.5 Å². The van der Waals surface area contributed by atoms with Gasteiger partial charge in [-0.25, -0.2) is 4.98 Å². The Morgan fingerprint density at radius 1 is 1.11 bits per heavy atom. The van der Waals surface area contributed by atoms with E-state index in [0.29, 0.717) is 48.0 Å². The molecule has 1 saturated heterocycles. The molecule has 2 N–H and O–H groups in total. The Balaban J connectivity index is 0.00000171. The number of nitrogens with two attached hydrogens (primary N) is 1. The zero-order valence-corrected chi connectivity index (χ0v) is 20.4. The van der Waals surface area contributed by atoms with Gasteiger partial charge in [-0.15, -0.1) is 35.0 Å². The lowest BCUT2D eigenvalue weighted by Crippen LogP contribution is -2.38. The number of benzene rings is 1. The van der Waals surface area contributed by atoms with Gasteiger partial charge in [0.05, 0.1) is 12.1 Å². The van der Waals surface area contributed by atoms with Crippen LogP contribution in [0.15, 0.2) is 48.7 Å². The molecule has 0 amide bonds. The molecule has 4 heterocycles. The third kappa shape index (κ3) is 5.30. The first-order valence-corrected chi connectivity index (χ1v) is 10.8. The van der Waals surface area contributed by atoms with Crippen LogP contribution in [0.3, 0.4) is 0 Å². The number of hydrogen-bond acceptors (Lipinski definition) is 6. The molecule has 1 aromatic carbocycles. The molecule has 35 heavy (non-hydrogen) atoms. The smallest absolute Gasteiger partial charge is 0.408 e. The van der Waals surface area contributed by atoms with Gasteiger partial charge in [0.2, 0.25) is 0 Å². The van der Waals surface area contributed by atoms with E-state index in [2.05, 4.69) is 15.2 Å². The Kier molecular flexibility index (Phi) is 8.10. The Morgan fingerprint density at radius 2 is 1.89 bits per heavy atom. The topological polar surface area (TPSA) is 81.6 Å². The van der Waals surface area contributed by atoms with Crippen molar-refractivity contribution in [2.45, 2.75) is 31.6 Å². The van der Waals surface area contributed by atoms with E-state index >= 15 is 0 Å². The summed E-state index contributed by atoms with van der Waals surface area (Å²) in [5, 5.41) is 9.25. The summed E-state index contributed by atoms with van der Waals surface area (Å²) in [6, 6.07) is 10.3. The average molecular weight is 529 g/mol. The number of aromatic nitrogens is 4. The van der Waals surface area contributed by atoms with E-state index in [1.165, 1.54) is 17.2 Å². The number of hydrogen-bond donors (Lipinski definition) is 1. The second kappa shape index (κ2) is 10.5. The number of rotatable bonds is 5. The molecule has 1 aliphatic heterocycles. The third-order valence-corrected chi connectivity index (χ3v) is 5.88. The molecule has 0 saturated carbocycles. The van der Waals surface area contributed by atoms with E-state index in [0.717, 1.165) is 5.39 Å². The van der Waals surface area contributed by atoms with Crippen LogP contribution in [0.4, 0.5) is 13.2 Å². The van der Waals surface area contributed by atoms with Crippen molar-refractivity contribution in [1.82, 2.24) is 24.5 Å². The average Bonchev–Trinajstić information content (AvgIpc) is 3.38. The summed E-state index contributed by atoms with van der Waals surface area (Å²) in [5.74, 6) is 1.06. The van der Waals surface area contributed by atoms with Gasteiger partial charge < -0.3 is 10.5 Å². The van der Waals surface area contributed by atoms with Gasteiger partial charge in [0, 0.05) is 36.8 Å². The summed E-state index contributed by atoms with van der Waals surface area (Å²) in [4.78, 5) is 6.06. The summed E-state index contributed by atoms with van der Waals surface area (Å²) in [7, 11) is 0. The predicted octanol–water partition coefficient (Wildman–Crippen LogP) is 4.82. The van der Waals surface area contributed by atoms with Crippen LogP contribution in [0.5, 0.6) is 5.75 Å². The molecule has 1 aliphatic rings. The molecule has 7 nitrogen and oxygen atoms in total. The molecule has 0 aliphatic carbocycles. The highest BCUT2D eigenvalue weighted by molar-refractivity contribution is 5.85. The molecule has 3 aromatic heterocycles. The fourth-order valence-corrected chi connectivity index (χ4v) is 4.38. The summed E-state index contributed by atoms with van der Waals surface area (Å²) in [6.07, 6.45) is -2.45. The monoisotopic (exact) mass is 528 g/mol. The molecule has 0 radical (unpaired) electrons. The lowest BCUT2D eigenvalue weighted by atomic mass is 10.1. The van der Waals surface area contributed by atoms with Crippen LogP contribution in [0.2, 0.25) is 0 Å². The van der Waals surface area contributed by atoms with E-state index in [-0.39, 0.29) is 43.0 Å². The number of pyridine rings is 2. The minimum Gasteiger partial charge on any atom is -0.494 e. The number of fused-ring (bicyclic) bond motifs is 2. The summed E-state index contributed by atoms with van der Waals surface area (Å²) in [5.41, 5.74) is 7.65. The standard InChI is InChI=1S/C23H23F3N6O.2ClH/c1-2-33-17-6-3-14-4-7-18(28-19(14)11-17)22-30-29-20-8-5-15(12-32(20)22)21(23(24,25)26)31-10-9-16(27)13-31;;/h3-8,11-12,16,21H,2,9-10,13,27H2,1H3;2*1H/t16-,21+;;/m0../s1. The Labute approximate surface area is 212 Å². The van der Waals surface area contributed by atoms with Crippen molar-refractivity contribution in [3.8, 4) is 17.3 Å². The highest BCUT2D eigenvalue weighted by Crippen LogP contribution is 2.39. The maximum Gasteiger partial charge on any atom is 0.408 e. The van der Waals surface area contributed by atoms with Gasteiger partial charge in [-0.2, -0.15) is 13.2 Å². The fourth-order valence-electron chi connectivity index (χ4n) is 4.38. The SMILES string of the molecule is CCOc1ccc2ccc(-c3nnc4ccc([C@@H](N5CC[C@H](N)C5)C(F)(F)F)cn34)nc2c1.Cl.Cl. The van der Waals surface area contributed by atoms with Crippen molar-refractivity contribution in [2.75, 3.05) is 19.7 Å². The Morgan fingerprint density at radius 3 is 2.57 bits per heavy atom. The Bertz CT molecular complexity index is 1320. The first kappa shape index (κ1) is 26.9. The minimum absolute atomic E-state index is 0. The molecular formula is C23H25Cl2F3N6O. The van der Waals surface area contributed by atoms with Crippen LogP contribution in [0.25, 0.3) is 28.1 Å². The van der Waals surface area contributed by atoms with Crippen molar-refractivity contribution in [3.63, 3.8) is 0 Å². The maximum absolute atomic E-state index is 14.1. The molecule has 1 fully saturated rings. The molecule has 0 unspecified atom stereocenters. The van der Waals surface area contributed by atoms with Crippen LogP contribution < -0.4 is 10.5 Å². The van der Waals surface area contributed by atoms with Crippen molar-refractivity contribution in [2.24, 2.45) is 5.73 Å². The van der Waals surface area contributed by atoms with Gasteiger partial charge in [0.25, 0.3) is 0 Å². The van der Waals surface area contributed by atoms with Gasteiger partial charge >= 0.3 is 6.18 Å². The zero-order valence-electron chi connectivity index (χ0n) is 18.8. The van der Waals surface area contributed by atoms with E-state index in [9.17, 15) is 13.2 Å². The molecule has 5 rings (SSSR count). The summed E-state index contributed by atoms with van der Waals surface area (Å²) in [6.45, 7) is 2.93. The lowest BCUT2D eigenvalue weighted by molar-refractivity contribution is -0.183. The number of alkyl halides is 3. The van der Waals surface area contributed by atoms with Crippen molar-refractivity contribution >= 4 is 41.4 Å². The third-order valence-electron chi connectivity index (χ3n) is 5.88. The second-order valence-electron chi connectivity index (χ2n) is 8.19. The molecule has 4 aromatic rings. The fraction of sp³-hybridized carbons (Fsp3) is 0.348. The predicted molar refractivity (Wildman–Crippen MR) is 132 cm³/mol. The van der Waals surface area contributed by atoms with Gasteiger partial charge in [0.1, 0.15) is 17.5 Å². The van der Waals surface area contributed by atoms with E-state index in [4.69, 9.17) is 10.5 Å². The van der Waals surface area contributed by atoms with E-state index < -0.39 is 12.2 Å². The lowest BCUT2D eigenvalue weighted by Gasteiger charge is -2.30. The summed E-state index contributed by atoms with van der Waals surface area (Å²) < 4.78 is 49.3. The largest absolute Gasteiger partial charge is 0.494 e. The first-order valence-electron chi connectivity index (χ1n) is 10.8. The molecule has 188 valence electrons. The highest BCUT2D eigenvalue weighted by atomic mass is 35.5. The van der Waals surface area contributed by atoms with Crippen LogP contribution in [-0.4, -0.2) is 56.4 Å². The van der Waals surface area contributed by atoms with Gasteiger partial charge in [-0.05, 0) is 43.2 Å². The quantitative estimate of drug-likeness (QED) is 0.399. The molecule has 0 spiro atoms. The van der Waals surface area contributed by atoms with Gasteiger partial charge in [0.15, 0.2) is 11.5 Å². The molecule has 12 heteroatoms. The van der Waals surface area contributed by atoms with Gasteiger partial charge in [-0.1, -0.05) is 12.1 Å². The van der Waals surface area contributed by atoms with E-state index in [1.807, 2.05) is 31.2 Å². The normalized spacial score (nSPS) is 17.2. The highest BCUT2D eigenvalue weighted by Gasteiger charge is 2.46. The maximum atomic E-state index is 14.1. The van der Waals surface area contributed by atoms with Crippen molar-refractivity contribution in [1.29, 1.82) is 0 Å². The molecular weight excluding hydrogens is 504 g/mol. The molecule has 2 atom stereocenters. The number of halogens is 5. The second-order valence-corrected chi connectivity index (χ2v) is 8.19. The van der Waals surface area contributed by atoms with Crippen LogP contribution >= 0.6 is 24.8 Å². The minimum atomic E-state index is -4.44. The number of ether oxygens (including phenoxy) is 1. The Hall–Kier alpha value is -2.66. The first-order chi connectivity index (χ1) is 15.8. The van der Waals surface area contributed by atoms with Crippen molar-refractivity contribution in [3.05, 3.63) is 54.2 Å². The number of nitrogens with zero attached hydrogens (tertiary/aromatic N) is 5. The summed E-state index contributed by atoms with van der Waals surface area (Å²) >= 11 is 0. The van der Waals surface area contributed by atoms with Crippen LogP contribution in [-0.2, 0) is 0 Å².